The second kappa shape index (κ2) is 8.45. The zero-order valence-electron chi connectivity index (χ0n) is 18.3. The topological polar surface area (TPSA) is 104 Å². The summed E-state index contributed by atoms with van der Waals surface area (Å²) in [6, 6.07) is 5.82. The number of aromatic hydroxyl groups is 1. The molecule has 0 radical (unpaired) electrons. The summed E-state index contributed by atoms with van der Waals surface area (Å²) >= 11 is 0. The number of aryl methyl sites for hydroxylation is 1. The SMILES string of the molecule is C[C@]12CC[C@@H]3c4ccc(O)cc4CC[C@H]3[C@@H]1CC[C@@]2(O)CCCOC(=O)CCC(=O)O. The van der Waals surface area contributed by atoms with Gasteiger partial charge in [-0.05, 0) is 97.8 Å². The number of carbonyl (C=O) groups is 2. The number of aliphatic carboxylic acids is 1. The van der Waals surface area contributed by atoms with E-state index in [2.05, 4.69) is 13.0 Å². The summed E-state index contributed by atoms with van der Waals surface area (Å²) in [6.07, 6.45) is 6.82. The van der Waals surface area contributed by atoms with Gasteiger partial charge in [0.25, 0.3) is 0 Å². The summed E-state index contributed by atoms with van der Waals surface area (Å²) in [6.45, 7) is 2.48. The molecule has 4 rings (SSSR count). The largest absolute Gasteiger partial charge is 0.508 e. The van der Waals surface area contributed by atoms with Crippen LogP contribution in [0.5, 0.6) is 5.75 Å². The Bertz CT molecular complexity index is 850. The van der Waals surface area contributed by atoms with Crippen molar-refractivity contribution in [2.24, 2.45) is 17.3 Å². The van der Waals surface area contributed by atoms with Gasteiger partial charge in [0.2, 0.25) is 0 Å². The Morgan fingerprint density at radius 3 is 2.74 bits per heavy atom. The van der Waals surface area contributed by atoms with Crippen LogP contribution in [0.1, 0.15) is 81.8 Å². The molecule has 2 fully saturated rings. The lowest BCUT2D eigenvalue weighted by Crippen LogP contribution is -2.50. The van der Waals surface area contributed by atoms with E-state index in [1.165, 1.54) is 11.1 Å². The van der Waals surface area contributed by atoms with Crippen molar-refractivity contribution in [2.45, 2.75) is 82.7 Å². The van der Waals surface area contributed by atoms with E-state index < -0.39 is 17.5 Å². The molecule has 0 spiro atoms. The van der Waals surface area contributed by atoms with Gasteiger partial charge >= 0.3 is 11.9 Å². The Morgan fingerprint density at radius 1 is 1.16 bits per heavy atom. The zero-order valence-corrected chi connectivity index (χ0v) is 18.3. The van der Waals surface area contributed by atoms with Crippen LogP contribution in [0, 0.1) is 17.3 Å². The molecule has 0 saturated heterocycles. The number of hydrogen-bond acceptors (Lipinski definition) is 5. The molecule has 1 aromatic carbocycles. The molecule has 1 aromatic rings. The molecule has 0 aliphatic heterocycles. The molecule has 0 unspecified atom stereocenters. The fraction of sp³-hybridized carbons (Fsp3) is 0.680. The first-order chi connectivity index (χ1) is 14.7. The van der Waals surface area contributed by atoms with Crippen molar-refractivity contribution in [3.8, 4) is 5.75 Å². The number of ether oxygens (including phenoxy) is 1. The lowest BCUT2D eigenvalue weighted by atomic mass is 9.53. The first-order valence-corrected chi connectivity index (χ1v) is 11.6. The highest BCUT2D eigenvalue weighted by atomic mass is 16.5. The summed E-state index contributed by atoms with van der Waals surface area (Å²) in [7, 11) is 0. The Hall–Kier alpha value is -2.08. The fourth-order valence-corrected chi connectivity index (χ4v) is 6.92. The number of carbonyl (C=O) groups excluding carboxylic acids is 1. The third kappa shape index (κ3) is 4.07. The average molecular weight is 431 g/mol. The predicted molar refractivity (Wildman–Crippen MR) is 115 cm³/mol. The molecule has 2 saturated carbocycles. The quantitative estimate of drug-likeness (QED) is 0.443. The number of fused-ring (bicyclic) bond motifs is 5. The van der Waals surface area contributed by atoms with E-state index in [0.29, 0.717) is 36.3 Å². The lowest BCUT2D eigenvalue weighted by molar-refractivity contribution is -0.148. The Morgan fingerprint density at radius 2 is 1.97 bits per heavy atom. The molecule has 0 heterocycles. The summed E-state index contributed by atoms with van der Waals surface area (Å²) in [5.41, 5.74) is 1.80. The molecule has 31 heavy (non-hydrogen) atoms. The first kappa shape index (κ1) is 22.1. The maximum absolute atomic E-state index is 11.7. The minimum atomic E-state index is -1.01. The monoisotopic (exact) mass is 430 g/mol. The third-order valence-corrected chi connectivity index (χ3v) is 8.57. The molecule has 5 atom stereocenters. The Labute approximate surface area is 183 Å². The van der Waals surface area contributed by atoms with E-state index in [0.717, 1.165) is 38.5 Å². The van der Waals surface area contributed by atoms with Crippen LogP contribution in [0.3, 0.4) is 0 Å². The number of carboxylic acid groups (broad SMARTS) is 1. The maximum atomic E-state index is 11.7. The van der Waals surface area contributed by atoms with Crippen molar-refractivity contribution in [2.75, 3.05) is 6.61 Å². The number of aliphatic hydroxyl groups is 1. The van der Waals surface area contributed by atoms with Crippen LogP contribution in [0.15, 0.2) is 18.2 Å². The minimum absolute atomic E-state index is 0.109. The molecule has 0 aromatic heterocycles. The fourth-order valence-electron chi connectivity index (χ4n) is 6.92. The van der Waals surface area contributed by atoms with Crippen LogP contribution in [0.4, 0.5) is 0 Å². The third-order valence-electron chi connectivity index (χ3n) is 8.57. The van der Waals surface area contributed by atoms with Crippen molar-refractivity contribution < 1.29 is 29.6 Å². The molecule has 6 heteroatoms. The number of phenols is 1. The van der Waals surface area contributed by atoms with E-state index in [9.17, 15) is 19.8 Å². The van der Waals surface area contributed by atoms with E-state index in [1.54, 1.807) is 6.07 Å². The normalized spacial score (nSPS) is 33.8. The molecule has 0 amide bonds. The van der Waals surface area contributed by atoms with Crippen LogP contribution < -0.4 is 0 Å². The number of rotatable bonds is 7. The smallest absolute Gasteiger partial charge is 0.306 e. The second-order valence-corrected chi connectivity index (χ2v) is 10.0. The number of phenolic OH excluding ortho intramolecular Hbond substituents is 1. The van der Waals surface area contributed by atoms with Gasteiger partial charge in [-0.3, -0.25) is 9.59 Å². The van der Waals surface area contributed by atoms with Gasteiger partial charge in [0, 0.05) is 0 Å². The molecule has 170 valence electrons. The van der Waals surface area contributed by atoms with E-state index in [4.69, 9.17) is 9.84 Å². The first-order valence-electron chi connectivity index (χ1n) is 11.6. The average Bonchev–Trinajstić information content (AvgIpc) is 3.00. The molecule has 3 N–H and O–H groups in total. The highest BCUT2D eigenvalue weighted by molar-refractivity contribution is 5.76. The van der Waals surface area contributed by atoms with Crippen LogP contribution >= 0.6 is 0 Å². The van der Waals surface area contributed by atoms with Crippen molar-refractivity contribution >= 4 is 11.9 Å². The number of hydrogen-bond donors (Lipinski definition) is 3. The van der Waals surface area contributed by atoms with Gasteiger partial charge in [-0.2, -0.15) is 0 Å². The Kier molecular flexibility index (Phi) is 6.03. The van der Waals surface area contributed by atoms with E-state index >= 15 is 0 Å². The van der Waals surface area contributed by atoms with Crippen molar-refractivity contribution in [3.63, 3.8) is 0 Å². The van der Waals surface area contributed by atoms with Crippen molar-refractivity contribution in [1.29, 1.82) is 0 Å². The van der Waals surface area contributed by atoms with Crippen LogP contribution in [0.2, 0.25) is 0 Å². The van der Waals surface area contributed by atoms with Gasteiger partial charge in [-0.1, -0.05) is 13.0 Å². The summed E-state index contributed by atoms with van der Waals surface area (Å²) in [5, 5.41) is 30.1. The molecule has 3 aliphatic carbocycles. The van der Waals surface area contributed by atoms with Crippen LogP contribution in [-0.2, 0) is 20.7 Å². The van der Waals surface area contributed by atoms with Crippen molar-refractivity contribution in [1.82, 2.24) is 0 Å². The molecule has 0 bridgehead atoms. The van der Waals surface area contributed by atoms with Gasteiger partial charge in [0.05, 0.1) is 25.0 Å². The summed E-state index contributed by atoms with van der Waals surface area (Å²) in [4.78, 5) is 22.2. The van der Waals surface area contributed by atoms with Gasteiger partial charge in [-0.15, -0.1) is 0 Å². The van der Waals surface area contributed by atoms with E-state index in [1.807, 2.05) is 6.07 Å². The van der Waals surface area contributed by atoms with Crippen LogP contribution in [0.25, 0.3) is 0 Å². The molecule has 6 nitrogen and oxygen atoms in total. The summed E-state index contributed by atoms with van der Waals surface area (Å²) < 4.78 is 5.17. The Balaban J connectivity index is 1.37. The van der Waals surface area contributed by atoms with Crippen molar-refractivity contribution in [3.05, 3.63) is 29.3 Å². The lowest BCUT2D eigenvalue weighted by Gasteiger charge is -2.53. The highest BCUT2D eigenvalue weighted by Gasteiger charge is 2.60. The zero-order chi connectivity index (χ0) is 22.2. The molecular formula is C25H34O6. The van der Waals surface area contributed by atoms with Gasteiger partial charge in [-0.25, -0.2) is 0 Å². The predicted octanol–water partition coefficient (Wildman–Crippen LogP) is 4.17. The van der Waals surface area contributed by atoms with Gasteiger partial charge in [0.1, 0.15) is 5.75 Å². The van der Waals surface area contributed by atoms with Crippen LogP contribution in [-0.4, -0.2) is 39.5 Å². The second-order valence-electron chi connectivity index (χ2n) is 10.0. The van der Waals surface area contributed by atoms with E-state index in [-0.39, 0.29) is 24.9 Å². The number of esters is 1. The standard InChI is InChI=1S/C25H34O6/c1-24-12-9-19-18-6-4-17(26)15-16(18)3-5-20(19)21(24)10-13-25(24,30)11-2-14-31-23(29)8-7-22(27)28/h4,6,15,19-21,26,30H,2-3,5,7-14H2,1H3,(H,27,28)/t19-,20-,21+,24+,25+/m1/s1. The molecule has 3 aliphatic rings. The van der Waals surface area contributed by atoms with Gasteiger partial charge < -0.3 is 20.1 Å². The van der Waals surface area contributed by atoms with Gasteiger partial charge in [0.15, 0.2) is 0 Å². The molecular weight excluding hydrogens is 396 g/mol. The number of carboxylic acids is 1. The highest BCUT2D eigenvalue weighted by Crippen LogP contribution is 2.65. The minimum Gasteiger partial charge on any atom is -0.508 e. The number of benzene rings is 1. The summed E-state index contributed by atoms with van der Waals surface area (Å²) in [5.74, 6) is 0.415. The maximum Gasteiger partial charge on any atom is 0.306 e.